The van der Waals surface area contributed by atoms with Gasteiger partial charge in [0.1, 0.15) is 0 Å². The monoisotopic (exact) mass is 356 g/mol. The average Bonchev–Trinajstić information content (AvgIpc) is 2.68. The molecule has 1 aromatic carbocycles. The highest BCUT2D eigenvalue weighted by Gasteiger charge is 2.24. The van der Waals surface area contributed by atoms with E-state index in [4.69, 9.17) is 10.9 Å². The molecule has 0 aliphatic rings. The van der Waals surface area contributed by atoms with Gasteiger partial charge in [0.05, 0.1) is 6.21 Å². The summed E-state index contributed by atoms with van der Waals surface area (Å²) in [5.41, 5.74) is 7.38. The van der Waals surface area contributed by atoms with E-state index in [0.29, 0.717) is 0 Å². The summed E-state index contributed by atoms with van der Waals surface area (Å²) in [6, 6.07) is 10.3. The molecule has 0 aliphatic carbocycles. The number of benzene rings is 1. The molecule has 1 rings (SSSR count). The van der Waals surface area contributed by atoms with Crippen molar-refractivity contribution in [2.24, 2.45) is 16.3 Å². The standard InChI is InChI=1S/C23H36N2O/c1-3-5-18-23(4-2,20-25-26)19-14-9-7-6-8-13-17-22(24)21-15-11-10-12-16-21/h8-16,20,22,26H,3-7,17-19,24H2,1-2H3/b13-8?,14-9-,25-20?. The van der Waals surface area contributed by atoms with Crippen LogP contribution in [0.25, 0.3) is 0 Å². The van der Waals surface area contributed by atoms with E-state index >= 15 is 0 Å². The van der Waals surface area contributed by atoms with Crippen LogP contribution in [0.5, 0.6) is 0 Å². The molecule has 3 heteroatoms. The number of hydrogen-bond donors (Lipinski definition) is 2. The lowest BCUT2D eigenvalue weighted by Gasteiger charge is -2.26. The van der Waals surface area contributed by atoms with Crippen molar-refractivity contribution in [3.63, 3.8) is 0 Å². The SMILES string of the molecule is CCCCC(C=NO)(CC)C/C=C\CCC=CCC(N)c1ccccc1. The molecule has 26 heavy (non-hydrogen) atoms. The number of rotatable bonds is 13. The van der Waals surface area contributed by atoms with Crippen LogP contribution >= 0.6 is 0 Å². The third-order valence-electron chi connectivity index (χ3n) is 5.04. The largest absolute Gasteiger partial charge is 0.411 e. The quantitative estimate of drug-likeness (QED) is 0.141. The van der Waals surface area contributed by atoms with Crippen LogP contribution in [0.3, 0.4) is 0 Å². The summed E-state index contributed by atoms with van der Waals surface area (Å²) < 4.78 is 0. The van der Waals surface area contributed by atoms with Gasteiger partial charge in [0.15, 0.2) is 0 Å². The average molecular weight is 357 g/mol. The molecule has 0 saturated carbocycles. The van der Waals surface area contributed by atoms with Crippen molar-refractivity contribution >= 4 is 6.21 Å². The second kappa shape index (κ2) is 13.3. The van der Waals surface area contributed by atoms with E-state index in [1.165, 1.54) is 12.0 Å². The van der Waals surface area contributed by atoms with E-state index in [-0.39, 0.29) is 11.5 Å². The van der Waals surface area contributed by atoms with Crippen LogP contribution < -0.4 is 5.73 Å². The van der Waals surface area contributed by atoms with Gasteiger partial charge < -0.3 is 10.9 Å². The molecule has 0 spiro atoms. The van der Waals surface area contributed by atoms with Crippen molar-refractivity contribution in [2.75, 3.05) is 0 Å². The molecule has 0 fully saturated rings. The van der Waals surface area contributed by atoms with Gasteiger partial charge in [-0.2, -0.15) is 0 Å². The number of oxime groups is 1. The Bertz CT molecular complexity index is 551. The fourth-order valence-corrected chi connectivity index (χ4v) is 3.11. The van der Waals surface area contributed by atoms with Crippen LogP contribution in [0, 0.1) is 5.41 Å². The minimum atomic E-state index is -0.000443. The molecule has 2 unspecified atom stereocenters. The zero-order valence-electron chi connectivity index (χ0n) is 16.5. The van der Waals surface area contributed by atoms with Crippen LogP contribution in [0.2, 0.25) is 0 Å². The van der Waals surface area contributed by atoms with E-state index < -0.39 is 0 Å². The van der Waals surface area contributed by atoms with Crippen LogP contribution in [-0.4, -0.2) is 11.4 Å². The first-order valence-electron chi connectivity index (χ1n) is 9.96. The molecule has 3 N–H and O–H groups in total. The third kappa shape index (κ3) is 8.48. The fraction of sp³-hybridized carbons (Fsp3) is 0.522. The molecule has 0 amide bonds. The van der Waals surface area contributed by atoms with Gasteiger partial charge in [-0.1, -0.05) is 81.3 Å². The van der Waals surface area contributed by atoms with Gasteiger partial charge in [-0.05, 0) is 44.1 Å². The summed E-state index contributed by atoms with van der Waals surface area (Å²) in [5.74, 6) is 0. The topological polar surface area (TPSA) is 58.6 Å². The molecule has 3 nitrogen and oxygen atoms in total. The van der Waals surface area contributed by atoms with Crippen molar-refractivity contribution in [3.8, 4) is 0 Å². The number of hydrogen-bond acceptors (Lipinski definition) is 3. The Labute approximate surface area is 159 Å². The molecule has 0 aliphatic heterocycles. The van der Waals surface area contributed by atoms with E-state index in [1.807, 2.05) is 18.2 Å². The Kier molecular flexibility index (Phi) is 11.4. The predicted octanol–water partition coefficient (Wildman–Crippen LogP) is 6.41. The van der Waals surface area contributed by atoms with E-state index in [1.54, 1.807) is 6.21 Å². The van der Waals surface area contributed by atoms with Gasteiger partial charge in [0.2, 0.25) is 0 Å². The fourth-order valence-electron chi connectivity index (χ4n) is 3.11. The van der Waals surface area contributed by atoms with Crippen LogP contribution in [-0.2, 0) is 0 Å². The first-order valence-corrected chi connectivity index (χ1v) is 9.96. The Morgan fingerprint density at radius 1 is 1.08 bits per heavy atom. The molecular weight excluding hydrogens is 320 g/mol. The van der Waals surface area contributed by atoms with Gasteiger partial charge >= 0.3 is 0 Å². The summed E-state index contributed by atoms with van der Waals surface area (Å²) in [4.78, 5) is 0. The van der Waals surface area contributed by atoms with Crippen molar-refractivity contribution in [1.29, 1.82) is 0 Å². The summed E-state index contributed by atoms with van der Waals surface area (Å²) in [5, 5.41) is 12.3. The van der Waals surface area contributed by atoms with Crippen molar-refractivity contribution in [3.05, 3.63) is 60.2 Å². The van der Waals surface area contributed by atoms with E-state index in [0.717, 1.165) is 44.9 Å². The van der Waals surface area contributed by atoms with Gasteiger partial charge in [-0.15, -0.1) is 5.16 Å². The molecule has 2 atom stereocenters. The Hall–Kier alpha value is -1.87. The Morgan fingerprint density at radius 3 is 2.38 bits per heavy atom. The zero-order chi connectivity index (χ0) is 19.1. The molecular formula is C23H36N2O. The lowest BCUT2D eigenvalue weighted by Crippen LogP contribution is -2.21. The lowest BCUT2D eigenvalue weighted by molar-refractivity contribution is 0.299. The third-order valence-corrected chi connectivity index (χ3v) is 5.04. The molecule has 0 saturated heterocycles. The summed E-state index contributed by atoms with van der Waals surface area (Å²) in [6.07, 6.45) is 18.9. The molecule has 144 valence electrons. The van der Waals surface area contributed by atoms with Gasteiger partial charge in [0.25, 0.3) is 0 Å². The van der Waals surface area contributed by atoms with Gasteiger partial charge in [-0.25, -0.2) is 0 Å². The van der Waals surface area contributed by atoms with Crippen molar-refractivity contribution < 1.29 is 5.21 Å². The van der Waals surface area contributed by atoms with Crippen molar-refractivity contribution in [2.45, 2.75) is 71.3 Å². The Morgan fingerprint density at radius 2 is 1.77 bits per heavy atom. The maximum Gasteiger partial charge on any atom is 0.0500 e. The maximum absolute atomic E-state index is 8.99. The smallest absolute Gasteiger partial charge is 0.0500 e. The molecule has 1 aromatic rings. The summed E-state index contributed by atoms with van der Waals surface area (Å²) >= 11 is 0. The second-order valence-corrected chi connectivity index (χ2v) is 7.04. The normalized spacial score (nSPS) is 15.8. The van der Waals surface area contributed by atoms with E-state index in [2.05, 4.69) is 55.4 Å². The van der Waals surface area contributed by atoms with Crippen molar-refractivity contribution in [1.82, 2.24) is 0 Å². The number of nitrogens with zero attached hydrogens (tertiary/aromatic N) is 1. The number of unbranched alkanes of at least 4 members (excludes halogenated alkanes) is 2. The first kappa shape index (κ1) is 22.2. The van der Waals surface area contributed by atoms with Crippen LogP contribution in [0.4, 0.5) is 0 Å². The zero-order valence-corrected chi connectivity index (χ0v) is 16.5. The summed E-state index contributed by atoms with van der Waals surface area (Å²) in [6.45, 7) is 4.37. The second-order valence-electron chi connectivity index (χ2n) is 7.04. The van der Waals surface area contributed by atoms with Gasteiger partial charge in [-0.3, -0.25) is 0 Å². The Balaban J connectivity index is 2.32. The molecule has 0 heterocycles. The number of allylic oxidation sites excluding steroid dienone is 3. The highest BCUT2D eigenvalue weighted by atomic mass is 16.4. The van der Waals surface area contributed by atoms with Gasteiger partial charge in [0, 0.05) is 11.5 Å². The molecule has 0 aromatic heterocycles. The highest BCUT2D eigenvalue weighted by Crippen LogP contribution is 2.31. The maximum atomic E-state index is 8.99. The van der Waals surface area contributed by atoms with Crippen LogP contribution in [0.1, 0.15) is 76.8 Å². The first-order chi connectivity index (χ1) is 12.7. The minimum absolute atomic E-state index is 0.000443. The lowest BCUT2D eigenvalue weighted by atomic mass is 9.78. The minimum Gasteiger partial charge on any atom is -0.411 e. The highest BCUT2D eigenvalue weighted by molar-refractivity contribution is 5.65. The predicted molar refractivity (Wildman–Crippen MR) is 113 cm³/mol. The summed E-state index contributed by atoms with van der Waals surface area (Å²) in [7, 11) is 0. The number of nitrogens with two attached hydrogens (primary N) is 1. The molecule has 0 bridgehead atoms. The molecule has 0 radical (unpaired) electrons. The van der Waals surface area contributed by atoms with Crippen LogP contribution in [0.15, 0.2) is 59.8 Å². The van der Waals surface area contributed by atoms with E-state index in [9.17, 15) is 0 Å².